The zero-order chi connectivity index (χ0) is 23.4. The largest absolute Gasteiger partial charge is 0.708 e. The molecule has 0 bridgehead atoms. The molecule has 3 aliphatic rings. The van der Waals surface area contributed by atoms with Crippen LogP contribution in [0.15, 0.2) is 0 Å². The summed E-state index contributed by atoms with van der Waals surface area (Å²) in [5.74, 6) is 0. The minimum Gasteiger partial charge on any atom is -0.303 e. The number of hydrogen-bond acceptors (Lipinski definition) is 14. The molecule has 0 aromatic rings. The molecule has 3 rings (SSSR count). The van der Waals surface area contributed by atoms with E-state index in [1.165, 1.54) is 0 Å². The Morgan fingerprint density at radius 2 is 1.39 bits per heavy atom. The molecular weight excluding hydrogens is 562 g/mol. The first-order chi connectivity index (χ1) is 14.0. The van der Waals surface area contributed by atoms with Crippen molar-refractivity contribution in [2.75, 3.05) is 0 Å². The van der Waals surface area contributed by atoms with Crippen molar-refractivity contribution in [1.82, 2.24) is 0 Å². The highest BCUT2D eigenvalue weighted by atomic mass is 31.3. The Morgan fingerprint density at radius 3 is 1.94 bits per heavy atom. The lowest BCUT2D eigenvalue weighted by Crippen LogP contribution is -2.65. The second-order valence-corrected chi connectivity index (χ2v) is 12.7. The van der Waals surface area contributed by atoms with E-state index in [1.807, 2.05) is 0 Å². The highest BCUT2D eigenvalue weighted by Gasteiger charge is 2.67. The minimum absolute atomic E-state index is 1.24. The summed E-state index contributed by atoms with van der Waals surface area (Å²) in [6, 6.07) is 0. The number of fused-ring (bicyclic) bond motifs is 3. The average Bonchev–Trinajstić information content (AvgIpc) is 2.72. The van der Waals surface area contributed by atoms with E-state index in [1.54, 1.807) is 0 Å². The molecule has 0 aromatic heterocycles. The quantitative estimate of drug-likeness (QED) is 0.288. The summed E-state index contributed by atoms with van der Waals surface area (Å²) >= 11 is 0. The van der Waals surface area contributed by atoms with Crippen LogP contribution in [0.1, 0.15) is 0 Å². The van der Waals surface area contributed by atoms with Gasteiger partial charge >= 0.3 is 48.2 Å². The molecule has 3 fully saturated rings. The summed E-state index contributed by atoms with van der Waals surface area (Å²) < 4.78 is 106. The molecule has 0 radical (unpaired) electrons. The van der Waals surface area contributed by atoms with Crippen LogP contribution in [0.5, 0.6) is 0 Å². The number of hydrogen-bond donors (Lipinski definition) is 5. The van der Waals surface area contributed by atoms with Gasteiger partial charge in [-0.1, -0.05) is 0 Å². The molecule has 2 saturated heterocycles. The molecule has 10 unspecified atom stereocenters. The van der Waals surface area contributed by atoms with Crippen LogP contribution >= 0.6 is 48.2 Å². The van der Waals surface area contributed by atoms with E-state index >= 15 is 0 Å². The van der Waals surface area contributed by atoms with Crippen LogP contribution in [0, 0.1) is 0 Å². The fourth-order valence-corrected chi connectivity index (χ4v) is 8.21. The summed E-state index contributed by atoms with van der Waals surface area (Å²) in [5, 5.41) is 0. The monoisotopic (exact) mass is 573 g/mol. The van der Waals surface area contributed by atoms with Gasteiger partial charge in [0.05, 0.1) is 0 Å². The van der Waals surface area contributed by atoms with Crippen molar-refractivity contribution in [3.63, 3.8) is 0 Å². The second-order valence-electron chi connectivity index (χ2n) is 5.78. The molecule has 1 saturated carbocycles. The zero-order valence-electron chi connectivity index (χ0n) is 14.1. The fraction of sp³-hybridized carbons (Fsp3) is 1.00. The summed E-state index contributed by atoms with van der Waals surface area (Å²) in [6.07, 6.45) is -13.2. The second kappa shape index (κ2) is 8.99. The van der Waals surface area contributed by atoms with Gasteiger partial charge in [0.1, 0.15) is 30.5 Å². The SMILES string of the molecule is O=POC1C(OP(=O)(O)O)C2O[P+](=O)OP(=O)(O)OC2C2OP(=O)(O)OP(=O)(O)OC12. The lowest BCUT2D eigenvalue weighted by molar-refractivity contribution is -0.184. The van der Waals surface area contributed by atoms with E-state index in [-0.39, 0.29) is 0 Å². The molecule has 0 amide bonds. The summed E-state index contributed by atoms with van der Waals surface area (Å²) in [4.78, 5) is 47.3. The van der Waals surface area contributed by atoms with Gasteiger partial charge in [0.15, 0.2) is 6.10 Å². The van der Waals surface area contributed by atoms with Crippen LogP contribution in [0.2, 0.25) is 0 Å². The molecule has 31 heavy (non-hydrogen) atoms. The molecule has 19 nitrogen and oxygen atoms in total. The minimum atomic E-state index is -5.49. The van der Waals surface area contributed by atoms with E-state index in [0.717, 1.165) is 0 Å². The molecule has 5 N–H and O–H groups in total. The maximum atomic E-state index is 12.0. The lowest BCUT2D eigenvalue weighted by atomic mass is 9.85. The molecule has 25 heteroatoms. The van der Waals surface area contributed by atoms with Gasteiger partial charge in [0, 0.05) is 4.57 Å². The number of phosphoric acid groups is 4. The summed E-state index contributed by atoms with van der Waals surface area (Å²) in [5.41, 5.74) is 0. The molecule has 178 valence electrons. The smallest absolute Gasteiger partial charge is 0.303 e. The predicted molar refractivity (Wildman–Crippen MR) is 88.1 cm³/mol. The third-order valence-corrected chi connectivity index (χ3v) is 9.52. The fourth-order valence-electron chi connectivity index (χ4n) is 2.90. The van der Waals surface area contributed by atoms with Crippen molar-refractivity contribution in [2.24, 2.45) is 0 Å². The number of rotatable bonds is 4. The standard InChI is InChI=1S/C6H10O19P6/c7-26-18-1-3(20-28(9,10)11)2-5(21-29(12,13)24-27(8)19-2)6-4(1)22-30(14,15)25-31(16,17)23-6/h1-6H,(H4-,9,10,11,12,13,14,15,16,17)/p+1. The maximum absolute atomic E-state index is 12.0. The van der Waals surface area contributed by atoms with Crippen molar-refractivity contribution < 1.29 is 87.6 Å². The van der Waals surface area contributed by atoms with Gasteiger partial charge < -0.3 is 19.6 Å². The van der Waals surface area contributed by atoms with Crippen molar-refractivity contribution in [3.8, 4) is 0 Å². The lowest BCUT2D eigenvalue weighted by Gasteiger charge is -2.44. The summed E-state index contributed by atoms with van der Waals surface area (Å²) in [7, 11) is -26.5. The van der Waals surface area contributed by atoms with E-state index < -0.39 is 84.9 Å². The third kappa shape index (κ3) is 6.39. The molecule has 1 aliphatic carbocycles. The summed E-state index contributed by atoms with van der Waals surface area (Å²) in [6.45, 7) is 0. The Labute approximate surface area is 173 Å². The van der Waals surface area contributed by atoms with Crippen molar-refractivity contribution in [2.45, 2.75) is 36.6 Å². The van der Waals surface area contributed by atoms with Gasteiger partial charge in [-0.05, 0) is 4.31 Å². The topological polar surface area (TPSA) is 277 Å². The first-order valence-electron chi connectivity index (χ1n) is 7.34. The Morgan fingerprint density at radius 1 is 0.871 bits per heavy atom. The normalized spacial score (nSPS) is 50.2. The molecule has 0 spiro atoms. The van der Waals surface area contributed by atoms with Gasteiger partial charge in [0.2, 0.25) is 0 Å². The van der Waals surface area contributed by atoms with Crippen molar-refractivity contribution >= 4 is 48.2 Å². The van der Waals surface area contributed by atoms with Gasteiger partial charge in [-0.3, -0.25) is 27.5 Å². The first-order valence-corrected chi connectivity index (χ1v) is 15.2. The Kier molecular flexibility index (Phi) is 7.60. The maximum Gasteiger partial charge on any atom is 0.708 e. The molecule has 10 atom stereocenters. The van der Waals surface area contributed by atoms with Crippen LogP contribution in [-0.4, -0.2) is 61.1 Å². The van der Waals surface area contributed by atoms with E-state index in [2.05, 4.69) is 31.2 Å². The van der Waals surface area contributed by atoms with Crippen molar-refractivity contribution in [3.05, 3.63) is 0 Å². The van der Waals surface area contributed by atoms with E-state index in [4.69, 9.17) is 4.52 Å². The third-order valence-electron chi connectivity index (χ3n) is 3.72. The predicted octanol–water partition coefficient (Wildman–Crippen LogP) is 0.630. The Balaban J connectivity index is 2.18. The highest BCUT2D eigenvalue weighted by Crippen LogP contribution is 2.68. The van der Waals surface area contributed by atoms with Gasteiger partial charge in [0.25, 0.3) is 0 Å². The molecule has 2 aliphatic heterocycles. The molecule has 0 aromatic carbocycles. The molecular formula is C6H11O19P6+. The van der Waals surface area contributed by atoms with Crippen LogP contribution in [0.25, 0.3) is 0 Å². The highest BCUT2D eigenvalue weighted by molar-refractivity contribution is 7.61. The van der Waals surface area contributed by atoms with Crippen LogP contribution < -0.4 is 0 Å². The van der Waals surface area contributed by atoms with Crippen LogP contribution in [-0.2, 0) is 63.2 Å². The van der Waals surface area contributed by atoms with E-state index in [0.29, 0.717) is 0 Å². The van der Waals surface area contributed by atoms with Crippen LogP contribution in [0.4, 0.5) is 0 Å². The van der Waals surface area contributed by atoms with Gasteiger partial charge in [-0.2, -0.15) is 4.31 Å². The first kappa shape index (κ1) is 26.2. The Bertz CT molecular complexity index is 940. The molecule has 2 heterocycles. The number of phosphoric ester groups is 4. The van der Waals surface area contributed by atoms with Crippen LogP contribution in [0.3, 0.4) is 0 Å². The Hall–Kier alpha value is 0.600. The zero-order valence-corrected chi connectivity index (χ0v) is 19.5. The van der Waals surface area contributed by atoms with Gasteiger partial charge in [-0.15, -0.1) is 4.52 Å². The van der Waals surface area contributed by atoms with Gasteiger partial charge in [-0.25, -0.2) is 22.8 Å². The average molecular weight is 573 g/mol. The van der Waals surface area contributed by atoms with Crippen molar-refractivity contribution in [1.29, 1.82) is 0 Å². The van der Waals surface area contributed by atoms with E-state index in [9.17, 15) is 51.9 Å².